The minimum atomic E-state index is -0.211. The first-order valence-electron chi connectivity index (χ1n) is 12.9. The highest BCUT2D eigenvalue weighted by atomic mass is 16.5. The lowest BCUT2D eigenvalue weighted by Crippen LogP contribution is -2.32. The van der Waals surface area contributed by atoms with Crippen LogP contribution in [0.25, 0.3) is 6.08 Å². The minimum absolute atomic E-state index is 0.211. The Hall–Kier alpha value is -1.83. The number of hydrogen-bond donors (Lipinski definition) is 0. The fourth-order valence-corrected chi connectivity index (χ4v) is 6.00. The van der Waals surface area contributed by atoms with E-state index in [-0.39, 0.29) is 5.97 Å². The molecule has 0 bridgehead atoms. The highest BCUT2D eigenvalue weighted by Gasteiger charge is 2.69. The first-order valence-corrected chi connectivity index (χ1v) is 12.9. The summed E-state index contributed by atoms with van der Waals surface area (Å²) in [4.78, 5) is 12.3. The second-order valence-corrected chi connectivity index (χ2v) is 11.2. The molecule has 32 heavy (non-hydrogen) atoms. The number of esters is 1. The molecule has 0 saturated heterocycles. The van der Waals surface area contributed by atoms with Gasteiger partial charge in [-0.1, -0.05) is 102 Å². The van der Waals surface area contributed by atoms with Crippen molar-refractivity contribution in [2.24, 2.45) is 16.2 Å². The van der Waals surface area contributed by atoms with Gasteiger partial charge in [0.15, 0.2) is 0 Å². The Morgan fingerprint density at radius 2 is 1.69 bits per heavy atom. The molecule has 176 valence electrons. The Bertz CT molecular complexity index is 829. The van der Waals surface area contributed by atoms with Gasteiger partial charge in [-0.25, -0.2) is 4.79 Å². The molecule has 0 spiro atoms. The van der Waals surface area contributed by atoms with Crippen LogP contribution >= 0.6 is 0 Å². The minimum Gasteiger partial charge on any atom is -0.462 e. The summed E-state index contributed by atoms with van der Waals surface area (Å²) in [5.74, 6) is -0.211. The lowest BCUT2D eigenvalue weighted by Gasteiger charge is -2.41. The average Bonchev–Trinajstić information content (AvgIpc) is 3.39. The molecule has 2 atom stereocenters. The van der Waals surface area contributed by atoms with Gasteiger partial charge in [0.1, 0.15) is 0 Å². The van der Waals surface area contributed by atoms with Gasteiger partial charge in [0.25, 0.3) is 0 Å². The summed E-state index contributed by atoms with van der Waals surface area (Å²) in [5, 5.41) is 0. The second-order valence-electron chi connectivity index (χ2n) is 11.2. The molecule has 2 unspecified atom stereocenters. The number of ether oxygens (including phenoxy) is 1. The predicted octanol–water partition coefficient (Wildman–Crippen LogP) is 8.77. The van der Waals surface area contributed by atoms with Crippen LogP contribution in [0.2, 0.25) is 0 Å². The van der Waals surface area contributed by atoms with Crippen molar-refractivity contribution in [2.45, 2.75) is 98.8 Å². The molecule has 3 rings (SSSR count). The summed E-state index contributed by atoms with van der Waals surface area (Å²) in [5.41, 5.74) is 4.25. The van der Waals surface area contributed by atoms with Gasteiger partial charge in [0.05, 0.1) is 12.2 Å². The number of allylic oxidation sites excluding steroid dienone is 3. The Kier molecular flexibility index (Phi) is 8.06. The van der Waals surface area contributed by atoms with Gasteiger partial charge < -0.3 is 4.74 Å². The highest BCUT2D eigenvalue weighted by Crippen LogP contribution is 2.78. The Labute approximate surface area is 196 Å². The quantitative estimate of drug-likeness (QED) is 0.197. The first kappa shape index (κ1) is 24.8. The molecule has 0 radical (unpaired) electrons. The van der Waals surface area contributed by atoms with Gasteiger partial charge in [0.2, 0.25) is 0 Å². The van der Waals surface area contributed by atoms with E-state index in [1.807, 2.05) is 24.3 Å². The van der Waals surface area contributed by atoms with Crippen molar-refractivity contribution >= 4 is 12.0 Å². The van der Waals surface area contributed by atoms with Crippen LogP contribution in [0.1, 0.15) is 115 Å². The van der Waals surface area contributed by atoms with E-state index >= 15 is 0 Å². The van der Waals surface area contributed by atoms with E-state index < -0.39 is 0 Å². The smallest absolute Gasteiger partial charge is 0.338 e. The molecule has 2 heteroatoms. The Morgan fingerprint density at radius 1 is 1.00 bits per heavy atom. The van der Waals surface area contributed by atoms with E-state index in [2.05, 4.69) is 52.8 Å². The molecule has 1 aromatic carbocycles. The molecule has 2 fully saturated rings. The maximum atomic E-state index is 12.3. The van der Waals surface area contributed by atoms with Crippen LogP contribution < -0.4 is 0 Å². The van der Waals surface area contributed by atoms with Crippen LogP contribution in [0.5, 0.6) is 0 Å². The fraction of sp³-hybridized carbons (Fsp3) is 0.633. The van der Waals surface area contributed by atoms with E-state index in [1.165, 1.54) is 56.9 Å². The summed E-state index contributed by atoms with van der Waals surface area (Å²) in [6.45, 7) is 12.3. The Morgan fingerprint density at radius 3 is 2.38 bits per heavy atom. The normalized spacial score (nSPS) is 26.7. The van der Waals surface area contributed by atoms with Crippen LogP contribution in [0, 0.1) is 16.2 Å². The molecule has 2 aliphatic rings. The third-order valence-electron chi connectivity index (χ3n) is 8.26. The van der Waals surface area contributed by atoms with Crippen molar-refractivity contribution in [2.75, 3.05) is 6.61 Å². The molecule has 2 aliphatic carbocycles. The number of hydrogen-bond acceptors (Lipinski definition) is 2. The lowest BCUT2D eigenvalue weighted by molar-refractivity contribution is 0.0497. The Balaban J connectivity index is 1.50. The van der Waals surface area contributed by atoms with Crippen molar-refractivity contribution in [1.29, 1.82) is 0 Å². The molecule has 0 heterocycles. The molecule has 0 aliphatic heterocycles. The maximum absolute atomic E-state index is 12.3. The largest absolute Gasteiger partial charge is 0.462 e. The molecule has 0 amide bonds. The SMILES string of the molecule is CCCCCCCCOC(=O)c1ccc(/C=C(\C)C=CC23CC2(C)CCCC3(C)C)cc1. The zero-order valence-corrected chi connectivity index (χ0v) is 21.1. The monoisotopic (exact) mass is 436 g/mol. The topological polar surface area (TPSA) is 26.3 Å². The predicted molar refractivity (Wildman–Crippen MR) is 136 cm³/mol. The van der Waals surface area contributed by atoms with Crippen molar-refractivity contribution in [3.8, 4) is 0 Å². The zero-order chi connectivity index (χ0) is 23.2. The zero-order valence-electron chi connectivity index (χ0n) is 21.1. The standard InChI is InChI=1S/C30H44O2/c1-6-7-8-9-10-11-21-32-27(31)26-15-13-25(14-16-26)22-24(2)17-20-30-23-29(30,5)19-12-18-28(30,3)4/h13-17,20,22H,6-12,18-19,21,23H2,1-5H3/b20-17?,24-22+. The van der Waals surface area contributed by atoms with Crippen molar-refractivity contribution in [3.63, 3.8) is 0 Å². The van der Waals surface area contributed by atoms with Crippen molar-refractivity contribution in [1.82, 2.24) is 0 Å². The molecular formula is C30H44O2. The maximum Gasteiger partial charge on any atom is 0.338 e. The van der Waals surface area contributed by atoms with Crippen LogP contribution in [0.3, 0.4) is 0 Å². The molecule has 1 aromatic rings. The molecule has 0 N–H and O–H groups in total. The van der Waals surface area contributed by atoms with Crippen molar-refractivity contribution < 1.29 is 9.53 Å². The van der Waals surface area contributed by atoms with E-state index in [0.29, 0.717) is 28.4 Å². The van der Waals surface area contributed by atoms with Crippen LogP contribution in [-0.2, 0) is 4.74 Å². The third-order valence-corrected chi connectivity index (χ3v) is 8.26. The van der Waals surface area contributed by atoms with Crippen LogP contribution in [0.4, 0.5) is 0 Å². The fourth-order valence-electron chi connectivity index (χ4n) is 6.00. The number of carbonyl (C=O) groups excluding carboxylic acids is 1. The van der Waals surface area contributed by atoms with Crippen molar-refractivity contribution in [3.05, 3.63) is 53.1 Å². The number of carbonyl (C=O) groups is 1. The summed E-state index contributed by atoms with van der Waals surface area (Å²) in [6.07, 6.45) is 19.6. The molecular weight excluding hydrogens is 392 g/mol. The number of fused-ring (bicyclic) bond motifs is 1. The van der Waals surface area contributed by atoms with E-state index in [0.717, 1.165) is 18.4 Å². The van der Waals surface area contributed by atoms with Gasteiger partial charge in [-0.3, -0.25) is 0 Å². The summed E-state index contributed by atoms with van der Waals surface area (Å²) >= 11 is 0. The average molecular weight is 437 g/mol. The van der Waals surface area contributed by atoms with Gasteiger partial charge in [-0.15, -0.1) is 0 Å². The van der Waals surface area contributed by atoms with Crippen LogP contribution in [-0.4, -0.2) is 12.6 Å². The van der Waals surface area contributed by atoms with E-state index in [9.17, 15) is 4.79 Å². The van der Waals surface area contributed by atoms with Gasteiger partial charge >= 0.3 is 5.97 Å². The van der Waals surface area contributed by atoms with E-state index in [1.54, 1.807) is 0 Å². The molecule has 2 saturated carbocycles. The number of unbranched alkanes of at least 4 members (excludes halogenated alkanes) is 5. The second kappa shape index (κ2) is 10.4. The van der Waals surface area contributed by atoms with Crippen LogP contribution in [0.15, 0.2) is 42.0 Å². The van der Waals surface area contributed by atoms with E-state index in [4.69, 9.17) is 4.74 Å². The summed E-state index contributed by atoms with van der Waals surface area (Å²) in [7, 11) is 0. The first-order chi connectivity index (χ1) is 15.2. The summed E-state index contributed by atoms with van der Waals surface area (Å²) < 4.78 is 5.44. The van der Waals surface area contributed by atoms with Gasteiger partial charge in [-0.05, 0) is 66.5 Å². The number of benzene rings is 1. The lowest BCUT2D eigenvalue weighted by atomic mass is 9.63. The number of rotatable bonds is 11. The van der Waals surface area contributed by atoms with Gasteiger partial charge in [-0.2, -0.15) is 0 Å². The van der Waals surface area contributed by atoms with Gasteiger partial charge in [0, 0.05) is 0 Å². The highest BCUT2D eigenvalue weighted by molar-refractivity contribution is 5.89. The summed E-state index contributed by atoms with van der Waals surface area (Å²) in [6, 6.07) is 7.80. The molecule has 2 nitrogen and oxygen atoms in total. The molecule has 0 aromatic heterocycles. The third kappa shape index (κ3) is 5.56.